The third-order valence-corrected chi connectivity index (χ3v) is 5.30. The normalized spacial score (nSPS) is 14.3. The van der Waals surface area contributed by atoms with Gasteiger partial charge in [0.05, 0.1) is 12.7 Å². The van der Waals surface area contributed by atoms with Crippen LogP contribution in [0.15, 0.2) is 72.8 Å². The van der Waals surface area contributed by atoms with Crippen molar-refractivity contribution in [3.63, 3.8) is 0 Å². The molecule has 0 spiro atoms. The molecule has 0 saturated heterocycles. The molecule has 3 aromatic carbocycles. The number of carboxylic acid groups (broad SMARTS) is 1. The summed E-state index contributed by atoms with van der Waals surface area (Å²) in [6.45, 7) is 0.177. The quantitative estimate of drug-likeness (QED) is 0.660. The minimum atomic E-state index is -1.16. The first kappa shape index (κ1) is 17.9. The predicted molar refractivity (Wildman–Crippen MR) is 105 cm³/mol. The van der Waals surface area contributed by atoms with E-state index in [1.807, 2.05) is 48.5 Å². The molecule has 140 valence electrons. The number of carbonyl (C=O) groups is 2. The minimum Gasteiger partial charge on any atom is -0.497 e. The molecule has 1 aliphatic heterocycles. The van der Waals surface area contributed by atoms with Gasteiger partial charge in [0.15, 0.2) is 0 Å². The molecule has 1 heterocycles. The average Bonchev–Trinajstić information content (AvgIpc) is 2.88. The zero-order valence-electron chi connectivity index (χ0n) is 15.5. The molecule has 0 unspecified atom stereocenters. The van der Waals surface area contributed by atoms with Gasteiger partial charge < -0.3 is 9.84 Å². The fourth-order valence-corrected chi connectivity index (χ4v) is 3.83. The summed E-state index contributed by atoms with van der Waals surface area (Å²) in [6, 6.07) is 22.0. The van der Waals surface area contributed by atoms with E-state index in [9.17, 15) is 14.7 Å². The Morgan fingerprint density at radius 2 is 1.32 bits per heavy atom. The first-order chi connectivity index (χ1) is 13.5. The van der Waals surface area contributed by atoms with Gasteiger partial charge in [0.25, 0.3) is 0 Å². The van der Waals surface area contributed by atoms with Gasteiger partial charge in [-0.05, 0) is 35.4 Å². The highest BCUT2D eigenvalue weighted by atomic mass is 16.5. The standard InChI is InChI=1S/C23H19NO4/c1-28-19-12-10-16(11-13-19)22(25)24(23(26)27)14-17-6-2-4-8-20(17)21-9-5-3-7-18(21)15-24/h2-13H,14-15H2,1H3/p+1. The first-order valence-corrected chi connectivity index (χ1v) is 9.01. The summed E-state index contributed by atoms with van der Waals surface area (Å²) in [5, 5.41) is 10.2. The van der Waals surface area contributed by atoms with E-state index in [1.165, 1.54) is 0 Å². The summed E-state index contributed by atoms with van der Waals surface area (Å²) in [5.74, 6) is 0.173. The Hall–Kier alpha value is -3.44. The highest BCUT2D eigenvalue weighted by Crippen LogP contribution is 2.37. The molecule has 28 heavy (non-hydrogen) atoms. The van der Waals surface area contributed by atoms with Crippen LogP contribution in [0.3, 0.4) is 0 Å². The molecule has 2 amide bonds. The molecule has 0 fully saturated rings. The van der Waals surface area contributed by atoms with Crippen LogP contribution in [-0.4, -0.2) is 28.7 Å². The second kappa shape index (κ2) is 6.94. The van der Waals surface area contributed by atoms with Crippen molar-refractivity contribution >= 4 is 12.0 Å². The monoisotopic (exact) mass is 374 g/mol. The zero-order chi connectivity index (χ0) is 19.7. The number of ether oxygens (including phenoxy) is 1. The summed E-state index contributed by atoms with van der Waals surface area (Å²) in [5.41, 5.74) is 3.98. The number of amides is 2. The molecule has 0 aliphatic carbocycles. The van der Waals surface area contributed by atoms with Gasteiger partial charge in [-0.3, -0.25) is 0 Å². The van der Waals surface area contributed by atoms with Crippen LogP contribution in [0.4, 0.5) is 4.79 Å². The molecule has 0 bridgehead atoms. The molecule has 5 heteroatoms. The van der Waals surface area contributed by atoms with Crippen molar-refractivity contribution in [1.82, 2.24) is 0 Å². The molecule has 0 atom stereocenters. The molecule has 1 aliphatic rings. The van der Waals surface area contributed by atoms with Gasteiger partial charge in [0.1, 0.15) is 18.8 Å². The lowest BCUT2D eigenvalue weighted by Crippen LogP contribution is -2.54. The van der Waals surface area contributed by atoms with Gasteiger partial charge in [-0.15, -0.1) is 4.48 Å². The van der Waals surface area contributed by atoms with Gasteiger partial charge in [-0.2, -0.15) is 4.79 Å². The second-order valence-electron chi connectivity index (χ2n) is 6.91. The fraction of sp³-hybridized carbons (Fsp3) is 0.130. The van der Waals surface area contributed by atoms with Crippen LogP contribution in [0.5, 0.6) is 5.75 Å². The van der Waals surface area contributed by atoms with Crippen molar-refractivity contribution in [2.75, 3.05) is 7.11 Å². The molecule has 0 saturated carbocycles. The van der Waals surface area contributed by atoms with Crippen molar-refractivity contribution in [2.45, 2.75) is 13.1 Å². The number of imide groups is 1. The predicted octanol–water partition coefficient (Wildman–Crippen LogP) is 4.71. The maximum atomic E-state index is 13.5. The summed E-state index contributed by atoms with van der Waals surface area (Å²) < 4.78 is 4.44. The molecular weight excluding hydrogens is 354 g/mol. The molecule has 1 N–H and O–H groups in total. The Bertz CT molecular complexity index is 1010. The number of rotatable bonds is 2. The lowest BCUT2D eigenvalue weighted by Gasteiger charge is -2.29. The molecule has 0 radical (unpaired) electrons. The summed E-state index contributed by atoms with van der Waals surface area (Å²) in [7, 11) is 1.55. The van der Waals surface area contributed by atoms with Crippen molar-refractivity contribution < 1.29 is 23.9 Å². The Morgan fingerprint density at radius 1 is 0.821 bits per heavy atom. The van der Waals surface area contributed by atoms with E-state index in [0.29, 0.717) is 11.3 Å². The van der Waals surface area contributed by atoms with Crippen molar-refractivity contribution in [3.05, 3.63) is 89.5 Å². The third kappa shape index (κ3) is 2.86. The van der Waals surface area contributed by atoms with Gasteiger partial charge in [0, 0.05) is 11.1 Å². The number of nitrogens with zero attached hydrogens (tertiary/aromatic N) is 1. The lowest BCUT2D eigenvalue weighted by molar-refractivity contribution is -0.802. The molecular formula is C23H20NO4+. The lowest BCUT2D eigenvalue weighted by atomic mass is 9.97. The Balaban J connectivity index is 1.89. The van der Waals surface area contributed by atoms with Crippen LogP contribution in [0.1, 0.15) is 21.5 Å². The van der Waals surface area contributed by atoms with Crippen LogP contribution >= 0.6 is 0 Å². The number of carbonyl (C=O) groups excluding carboxylic acids is 1. The molecule has 0 aromatic heterocycles. The smallest absolute Gasteiger partial charge is 0.497 e. The maximum absolute atomic E-state index is 13.5. The maximum Gasteiger partial charge on any atom is 0.522 e. The van der Waals surface area contributed by atoms with Crippen molar-refractivity contribution in [2.24, 2.45) is 0 Å². The fourth-order valence-electron chi connectivity index (χ4n) is 3.83. The average molecular weight is 374 g/mol. The van der Waals surface area contributed by atoms with Crippen LogP contribution in [0, 0.1) is 0 Å². The highest BCUT2D eigenvalue weighted by Gasteiger charge is 2.48. The summed E-state index contributed by atoms with van der Waals surface area (Å²) in [6.07, 6.45) is -1.16. The number of quaternary nitrogens is 1. The number of methoxy groups -OCH3 is 1. The van der Waals surface area contributed by atoms with Crippen LogP contribution < -0.4 is 4.74 Å². The molecule has 3 aromatic rings. The van der Waals surface area contributed by atoms with E-state index in [0.717, 1.165) is 22.3 Å². The summed E-state index contributed by atoms with van der Waals surface area (Å²) >= 11 is 0. The molecule has 5 nitrogen and oxygen atoms in total. The summed E-state index contributed by atoms with van der Waals surface area (Å²) in [4.78, 5) is 26.0. The van der Waals surface area contributed by atoms with E-state index in [1.54, 1.807) is 31.4 Å². The largest absolute Gasteiger partial charge is 0.522 e. The van der Waals surface area contributed by atoms with E-state index in [-0.39, 0.29) is 13.1 Å². The van der Waals surface area contributed by atoms with Gasteiger partial charge in [-0.1, -0.05) is 48.5 Å². The van der Waals surface area contributed by atoms with Crippen LogP contribution in [0.2, 0.25) is 0 Å². The number of fused-ring (bicyclic) bond motifs is 3. The van der Waals surface area contributed by atoms with Gasteiger partial charge in [0.2, 0.25) is 0 Å². The van der Waals surface area contributed by atoms with Crippen molar-refractivity contribution in [1.29, 1.82) is 0 Å². The minimum absolute atomic E-state index is 0.0883. The molecule has 4 rings (SSSR count). The van der Waals surface area contributed by atoms with Crippen molar-refractivity contribution in [3.8, 4) is 16.9 Å². The van der Waals surface area contributed by atoms with E-state index >= 15 is 0 Å². The Labute approximate surface area is 163 Å². The van der Waals surface area contributed by atoms with E-state index < -0.39 is 16.5 Å². The zero-order valence-corrected chi connectivity index (χ0v) is 15.5. The second-order valence-corrected chi connectivity index (χ2v) is 6.91. The number of benzene rings is 3. The Kier molecular flexibility index (Phi) is 4.45. The van der Waals surface area contributed by atoms with Crippen LogP contribution in [0.25, 0.3) is 11.1 Å². The topological polar surface area (TPSA) is 63.6 Å². The Morgan fingerprint density at radius 3 is 1.79 bits per heavy atom. The third-order valence-electron chi connectivity index (χ3n) is 5.30. The number of hydrogen-bond acceptors (Lipinski definition) is 3. The van der Waals surface area contributed by atoms with Gasteiger partial charge >= 0.3 is 12.0 Å². The van der Waals surface area contributed by atoms with E-state index in [4.69, 9.17) is 4.74 Å². The van der Waals surface area contributed by atoms with E-state index in [2.05, 4.69) is 0 Å². The highest BCUT2D eigenvalue weighted by molar-refractivity contribution is 5.94. The SMILES string of the molecule is COc1ccc(C(=O)[N+]2(C(=O)O)Cc3ccccc3-c3ccccc3C2)cc1. The van der Waals surface area contributed by atoms with Gasteiger partial charge in [-0.25, -0.2) is 4.79 Å². The number of hydrogen-bond donors (Lipinski definition) is 1. The van der Waals surface area contributed by atoms with Crippen LogP contribution in [-0.2, 0) is 13.1 Å². The first-order valence-electron chi connectivity index (χ1n) is 9.01.